The van der Waals surface area contributed by atoms with Gasteiger partial charge in [0.15, 0.2) is 0 Å². The average Bonchev–Trinajstić information content (AvgIpc) is 3.00. The minimum atomic E-state index is -0.830. The van der Waals surface area contributed by atoms with Gasteiger partial charge in [-0.2, -0.15) is 0 Å². The van der Waals surface area contributed by atoms with Crippen LogP contribution >= 0.6 is 0 Å². The average molecular weight is 367 g/mol. The fraction of sp³-hybridized carbons (Fsp3) is 0.250. The first-order chi connectivity index (χ1) is 13.1. The topological polar surface area (TPSA) is 96.5 Å². The highest BCUT2D eigenvalue weighted by atomic mass is 16.5. The zero-order valence-electron chi connectivity index (χ0n) is 14.9. The van der Waals surface area contributed by atoms with Crippen molar-refractivity contribution in [3.05, 3.63) is 60.2 Å². The molecule has 7 nitrogen and oxygen atoms in total. The van der Waals surface area contributed by atoms with E-state index in [2.05, 4.69) is 16.0 Å². The predicted molar refractivity (Wildman–Crippen MR) is 99.7 cm³/mol. The van der Waals surface area contributed by atoms with Gasteiger partial charge in [-0.05, 0) is 16.7 Å². The summed E-state index contributed by atoms with van der Waals surface area (Å²) in [6, 6.07) is 16.6. The molecule has 0 bridgehead atoms. The number of imide groups is 1. The fourth-order valence-corrected chi connectivity index (χ4v) is 2.92. The zero-order chi connectivity index (χ0) is 19.2. The molecule has 0 aliphatic carbocycles. The first-order valence-corrected chi connectivity index (χ1v) is 8.63. The molecule has 140 valence electrons. The lowest BCUT2D eigenvalue weighted by Gasteiger charge is -2.17. The molecule has 1 unspecified atom stereocenters. The van der Waals surface area contributed by atoms with Crippen LogP contribution in [0.2, 0.25) is 0 Å². The highest BCUT2D eigenvalue weighted by Gasteiger charge is 2.31. The fourth-order valence-electron chi connectivity index (χ4n) is 2.92. The number of nitrogens with one attached hydrogen (secondary N) is 3. The summed E-state index contributed by atoms with van der Waals surface area (Å²) in [5.41, 5.74) is 3.16. The summed E-state index contributed by atoms with van der Waals surface area (Å²) in [6.45, 7) is 0.266. The van der Waals surface area contributed by atoms with Crippen molar-refractivity contribution in [3.63, 3.8) is 0 Å². The SMILES string of the molecule is CO[C@@H](CNC(=O)CC1NC(=O)NC1=O)c1ccc(-c2ccccc2)cc1. The highest BCUT2D eigenvalue weighted by molar-refractivity contribution is 6.05. The number of carbonyl (C=O) groups is 3. The summed E-state index contributed by atoms with van der Waals surface area (Å²) in [7, 11) is 1.58. The highest BCUT2D eigenvalue weighted by Crippen LogP contribution is 2.23. The molecule has 1 aliphatic heterocycles. The lowest BCUT2D eigenvalue weighted by Crippen LogP contribution is -2.37. The number of benzene rings is 2. The number of carbonyl (C=O) groups excluding carboxylic acids is 3. The van der Waals surface area contributed by atoms with Crippen molar-refractivity contribution in [1.82, 2.24) is 16.0 Å². The third-order valence-corrected chi connectivity index (χ3v) is 4.41. The Morgan fingerprint density at radius 1 is 1.07 bits per heavy atom. The lowest BCUT2D eigenvalue weighted by atomic mass is 10.0. The molecule has 2 aromatic carbocycles. The minimum absolute atomic E-state index is 0.110. The van der Waals surface area contributed by atoms with Crippen molar-refractivity contribution in [2.45, 2.75) is 18.6 Å². The maximum absolute atomic E-state index is 12.0. The largest absolute Gasteiger partial charge is 0.375 e. The quantitative estimate of drug-likeness (QED) is 0.650. The maximum Gasteiger partial charge on any atom is 0.322 e. The molecule has 1 saturated heterocycles. The van der Waals surface area contributed by atoms with Gasteiger partial charge in [-0.25, -0.2) is 4.79 Å². The maximum atomic E-state index is 12.0. The number of ether oxygens (including phenoxy) is 1. The van der Waals surface area contributed by atoms with Gasteiger partial charge in [-0.1, -0.05) is 54.6 Å². The Morgan fingerprint density at radius 2 is 1.74 bits per heavy atom. The molecule has 0 saturated carbocycles. The van der Waals surface area contributed by atoms with E-state index in [0.717, 1.165) is 16.7 Å². The Kier molecular flexibility index (Phi) is 5.83. The van der Waals surface area contributed by atoms with E-state index in [1.54, 1.807) is 7.11 Å². The molecule has 3 rings (SSSR count). The molecule has 3 N–H and O–H groups in total. The van der Waals surface area contributed by atoms with Crippen LogP contribution < -0.4 is 16.0 Å². The molecule has 0 radical (unpaired) electrons. The van der Waals surface area contributed by atoms with Crippen molar-refractivity contribution in [3.8, 4) is 11.1 Å². The summed E-state index contributed by atoms with van der Waals surface area (Å²) >= 11 is 0. The van der Waals surface area contributed by atoms with Gasteiger partial charge in [0, 0.05) is 13.7 Å². The van der Waals surface area contributed by atoms with Crippen LogP contribution in [0.25, 0.3) is 11.1 Å². The van der Waals surface area contributed by atoms with Crippen molar-refractivity contribution >= 4 is 17.8 Å². The van der Waals surface area contributed by atoms with Crippen LogP contribution in [0, 0.1) is 0 Å². The Labute approximate surface area is 157 Å². The van der Waals surface area contributed by atoms with E-state index < -0.39 is 18.0 Å². The van der Waals surface area contributed by atoms with Gasteiger partial charge in [-0.15, -0.1) is 0 Å². The number of methoxy groups -OCH3 is 1. The molecule has 27 heavy (non-hydrogen) atoms. The van der Waals surface area contributed by atoms with Crippen molar-refractivity contribution in [2.75, 3.05) is 13.7 Å². The minimum Gasteiger partial charge on any atom is -0.375 e. The number of hydrogen-bond donors (Lipinski definition) is 3. The molecular formula is C20H21N3O4. The van der Waals surface area contributed by atoms with Gasteiger partial charge in [0.1, 0.15) is 6.04 Å². The van der Waals surface area contributed by atoms with Crippen LogP contribution in [0.1, 0.15) is 18.1 Å². The molecule has 1 aliphatic rings. The lowest BCUT2D eigenvalue weighted by molar-refractivity contribution is -0.126. The second kappa shape index (κ2) is 8.46. The van der Waals surface area contributed by atoms with Crippen LogP contribution in [-0.2, 0) is 14.3 Å². The van der Waals surface area contributed by atoms with E-state index in [-0.39, 0.29) is 25.0 Å². The van der Waals surface area contributed by atoms with E-state index in [4.69, 9.17) is 4.74 Å². The summed E-state index contributed by atoms with van der Waals surface area (Å²) in [5, 5.41) is 7.24. The van der Waals surface area contributed by atoms with Crippen molar-refractivity contribution < 1.29 is 19.1 Å². The first-order valence-electron chi connectivity index (χ1n) is 8.63. The number of amides is 4. The van der Waals surface area contributed by atoms with Gasteiger partial charge in [0.05, 0.1) is 12.5 Å². The molecule has 0 spiro atoms. The summed E-state index contributed by atoms with van der Waals surface area (Å²) < 4.78 is 5.48. The van der Waals surface area contributed by atoms with E-state index in [1.165, 1.54) is 0 Å². The van der Waals surface area contributed by atoms with Crippen LogP contribution in [0.3, 0.4) is 0 Å². The Balaban J connectivity index is 1.56. The Morgan fingerprint density at radius 3 is 2.33 bits per heavy atom. The monoisotopic (exact) mass is 367 g/mol. The van der Waals surface area contributed by atoms with Crippen LogP contribution in [-0.4, -0.2) is 37.5 Å². The Bertz CT molecular complexity index is 821. The third kappa shape index (κ3) is 4.71. The smallest absolute Gasteiger partial charge is 0.322 e. The van der Waals surface area contributed by atoms with Crippen LogP contribution in [0.5, 0.6) is 0 Å². The molecule has 1 heterocycles. The number of urea groups is 1. The van der Waals surface area contributed by atoms with E-state index in [1.807, 2.05) is 54.6 Å². The van der Waals surface area contributed by atoms with Gasteiger partial charge < -0.3 is 15.4 Å². The van der Waals surface area contributed by atoms with E-state index >= 15 is 0 Å². The van der Waals surface area contributed by atoms with Crippen molar-refractivity contribution in [2.24, 2.45) is 0 Å². The number of rotatable bonds is 7. The van der Waals surface area contributed by atoms with E-state index in [0.29, 0.717) is 0 Å². The van der Waals surface area contributed by atoms with Gasteiger partial charge in [-0.3, -0.25) is 14.9 Å². The van der Waals surface area contributed by atoms with Crippen LogP contribution in [0.15, 0.2) is 54.6 Å². The van der Waals surface area contributed by atoms with Gasteiger partial charge in [0.25, 0.3) is 5.91 Å². The summed E-state index contributed by atoms with van der Waals surface area (Å²) in [6.07, 6.45) is -0.424. The standard InChI is InChI=1S/C20H21N3O4/c1-27-17(12-21-18(24)11-16-19(25)23-20(26)22-16)15-9-7-14(8-10-15)13-5-3-2-4-6-13/h2-10,16-17H,11-12H2,1H3,(H,21,24)(H2,22,23,25,26)/t16?,17-/m0/s1. The Hall–Kier alpha value is -3.19. The predicted octanol–water partition coefficient (Wildman–Crippen LogP) is 1.76. The molecule has 2 atom stereocenters. The molecule has 0 aromatic heterocycles. The second-order valence-electron chi connectivity index (χ2n) is 6.24. The second-order valence-corrected chi connectivity index (χ2v) is 6.24. The number of hydrogen-bond acceptors (Lipinski definition) is 4. The normalized spacial score (nSPS) is 17.1. The summed E-state index contributed by atoms with van der Waals surface area (Å²) in [5.74, 6) is -0.824. The molecule has 2 aromatic rings. The molecule has 1 fully saturated rings. The van der Waals surface area contributed by atoms with Gasteiger partial charge in [0.2, 0.25) is 5.91 Å². The summed E-state index contributed by atoms with van der Waals surface area (Å²) in [4.78, 5) is 34.6. The third-order valence-electron chi connectivity index (χ3n) is 4.41. The van der Waals surface area contributed by atoms with Crippen molar-refractivity contribution in [1.29, 1.82) is 0 Å². The first kappa shape index (κ1) is 18.6. The van der Waals surface area contributed by atoms with E-state index in [9.17, 15) is 14.4 Å². The molecule has 4 amide bonds. The van der Waals surface area contributed by atoms with Crippen LogP contribution in [0.4, 0.5) is 4.79 Å². The molecular weight excluding hydrogens is 346 g/mol. The molecule has 7 heteroatoms. The van der Waals surface area contributed by atoms with Gasteiger partial charge >= 0.3 is 6.03 Å². The zero-order valence-corrected chi connectivity index (χ0v) is 14.9.